The fraction of sp³-hybridized carbons (Fsp3) is 0.316. The summed E-state index contributed by atoms with van der Waals surface area (Å²) in [5.74, 6) is -2.35. The van der Waals surface area contributed by atoms with Crippen LogP contribution in [0.3, 0.4) is 0 Å². The van der Waals surface area contributed by atoms with Crippen LogP contribution in [0.15, 0.2) is 45.1 Å². The Balaban J connectivity index is 1.87. The van der Waals surface area contributed by atoms with E-state index < -0.39 is 29.2 Å². The molecular formula is C19H20F3N7O3S. The summed E-state index contributed by atoms with van der Waals surface area (Å²) < 4.78 is 40.5. The average Bonchev–Trinajstić information content (AvgIpc) is 3.14. The molecule has 0 spiro atoms. The van der Waals surface area contributed by atoms with E-state index in [2.05, 4.69) is 15.2 Å². The zero-order valence-electron chi connectivity index (χ0n) is 17.6. The van der Waals surface area contributed by atoms with Gasteiger partial charge in [0, 0.05) is 13.6 Å². The largest absolute Gasteiger partial charge is 0.451 e. The maximum absolute atomic E-state index is 12.9. The van der Waals surface area contributed by atoms with Gasteiger partial charge in [0.2, 0.25) is 11.7 Å². The van der Waals surface area contributed by atoms with Crippen molar-refractivity contribution in [3.63, 3.8) is 0 Å². The number of H-pyrrole nitrogens is 1. The van der Waals surface area contributed by atoms with E-state index in [1.807, 2.05) is 0 Å². The van der Waals surface area contributed by atoms with E-state index in [1.165, 1.54) is 0 Å². The zero-order chi connectivity index (χ0) is 24.3. The molecule has 0 aliphatic carbocycles. The summed E-state index contributed by atoms with van der Waals surface area (Å²) in [6, 6.07) is 8.90. The first-order chi connectivity index (χ1) is 15.5. The van der Waals surface area contributed by atoms with Crippen LogP contribution in [0.4, 0.5) is 24.7 Å². The number of aromatic nitrogens is 5. The van der Waals surface area contributed by atoms with Gasteiger partial charge >= 0.3 is 11.9 Å². The summed E-state index contributed by atoms with van der Waals surface area (Å²) >= 11 is 0.729. The monoisotopic (exact) mass is 483 g/mol. The summed E-state index contributed by atoms with van der Waals surface area (Å²) in [4.78, 5) is 40.9. The molecule has 0 radical (unpaired) electrons. The Morgan fingerprint density at radius 2 is 1.88 bits per heavy atom. The summed E-state index contributed by atoms with van der Waals surface area (Å²) in [6.07, 6.45) is -4.69. The minimum absolute atomic E-state index is 0.0306. The number of alkyl halides is 3. The van der Waals surface area contributed by atoms with Gasteiger partial charge in [-0.2, -0.15) is 13.2 Å². The average molecular weight is 483 g/mol. The molecular weight excluding hydrogens is 463 g/mol. The highest BCUT2D eigenvalue weighted by Crippen LogP contribution is 2.30. The van der Waals surface area contributed by atoms with Crippen LogP contribution >= 0.6 is 11.8 Å². The van der Waals surface area contributed by atoms with Crippen molar-refractivity contribution in [1.29, 1.82) is 0 Å². The summed E-state index contributed by atoms with van der Waals surface area (Å²) in [6.45, 7) is 1.69. The van der Waals surface area contributed by atoms with E-state index in [1.54, 1.807) is 37.3 Å². The number of benzene rings is 1. The Morgan fingerprint density at radius 3 is 2.45 bits per heavy atom. The number of rotatable bonds is 7. The molecule has 3 rings (SSSR count). The quantitative estimate of drug-likeness (QED) is 0.486. The van der Waals surface area contributed by atoms with Gasteiger partial charge in [-0.1, -0.05) is 42.1 Å². The second-order valence-electron chi connectivity index (χ2n) is 6.85. The van der Waals surface area contributed by atoms with Gasteiger partial charge in [-0.05, 0) is 12.5 Å². The second kappa shape index (κ2) is 9.52. The predicted octanol–water partition coefficient (Wildman–Crippen LogP) is 1.46. The Morgan fingerprint density at radius 1 is 1.21 bits per heavy atom. The lowest BCUT2D eigenvalue weighted by atomic mass is 10.2. The van der Waals surface area contributed by atoms with E-state index >= 15 is 0 Å². The number of amides is 1. The van der Waals surface area contributed by atoms with E-state index in [0.29, 0.717) is 0 Å². The van der Waals surface area contributed by atoms with Gasteiger partial charge in [-0.3, -0.25) is 19.1 Å². The smallest absolute Gasteiger partial charge is 0.383 e. The van der Waals surface area contributed by atoms with Crippen molar-refractivity contribution < 1.29 is 18.0 Å². The summed E-state index contributed by atoms with van der Waals surface area (Å²) in [7, 11) is 1.13. The highest BCUT2D eigenvalue weighted by Gasteiger charge is 2.37. The molecule has 2 heterocycles. The molecule has 0 bridgehead atoms. The number of nitrogens with one attached hydrogen (secondary N) is 1. The molecule has 3 aromatic rings. The number of hydrogen-bond donors (Lipinski definition) is 2. The molecule has 0 saturated carbocycles. The minimum Gasteiger partial charge on any atom is -0.383 e. The standard InChI is InChI=1S/C19H20F3N7O3S/c1-3-28(12(30)10-33-18-26-25-16(27(18)2)19(20,21)22)13-14(23)29(17(32)24-15(13)31)9-11-7-5-4-6-8-11/h4-8H,3,9-10,23H2,1-2H3,(H,24,31,32). The number of nitrogens with two attached hydrogens (primary N) is 1. The summed E-state index contributed by atoms with van der Waals surface area (Å²) in [5, 5.41) is 6.45. The van der Waals surface area contributed by atoms with Crippen molar-refractivity contribution in [1.82, 2.24) is 24.3 Å². The molecule has 1 amide bonds. The molecule has 2 aromatic heterocycles. The van der Waals surface area contributed by atoms with Gasteiger partial charge in [0.15, 0.2) is 10.8 Å². The topological polar surface area (TPSA) is 132 Å². The van der Waals surface area contributed by atoms with E-state index in [4.69, 9.17) is 5.73 Å². The molecule has 1 aromatic carbocycles. The van der Waals surface area contributed by atoms with E-state index in [0.717, 1.165) is 38.4 Å². The third-order valence-electron chi connectivity index (χ3n) is 4.70. The van der Waals surface area contributed by atoms with Crippen LogP contribution in [0.1, 0.15) is 18.3 Å². The van der Waals surface area contributed by atoms with Crippen molar-refractivity contribution in [2.24, 2.45) is 7.05 Å². The van der Waals surface area contributed by atoms with E-state index in [9.17, 15) is 27.6 Å². The predicted molar refractivity (Wildman–Crippen MR) is 116 cm³/mol. The van der Waals surface area contributed by atoms with Crippen LogP contribution < -0.4 is 21.9 Å². The fourth-order valence-electron chi connectivity index (χ4n) is 3.11. The van der Waals surface area contributed by atoms with E-state index in [-0.39, 0.29) is 35.5 Å². The molecule has 0 atom stereocenters. The molecule has 10 nitrogen and oxygen atoms in total. The maximum Gasteiger partial charge on any atom is 0.451 e. The Labute approximate surface area is 189 Å². The number of hydrogen-bond acceptors (Lipinski definition) is 7. The number of halogens is 3. The first-order valence-electron chi connectivity index (χ1n) is 9.60. The van der Waals surface area contributed by atoms with Crippen LogP contribution in [0.25, 0.3) is 0 Å². The second-order valence-corrected chi connectivity index (χ2v) is 7.80. The van der Waals surface area contributed by atoms with Gasteiger partial charge in [0.05, 0.1) is 12.3 Å². The first-order valence-corrected chi connectivity index (χ1v) is 10.6. The lowest BCUT2D eigenvalue weighted by Gasteiger charge is -2.23. The van der Waals surface area contributed by atoms with Crippen LogP contribution in [-0.4, -0.2) is 42.5 Å². The number of anilines is 2. The number of nitrogens with zero attached hydrogens (tertiary/aromatic N) is 5. The zero-order valence-corrected chi connectivity index (χ0v) is 18.4. The Kier molecular flexibility index (Phi) is 6.95. The number of thioether (sulfide) groups is 1. The molecule has 0 fully saturated rings. The molecule has 176 valence electrons. The molecule has 33 heavy (non-hydrogen) atoms. The van der Waals surface area contributed by atoms with Crippen molar-refractivity contribution in [2.45, 2.75) is 24.8 Å². The SMILES string of the molecule is CCN(C(=O)CSc1nnc(C(F)(F)F)n1C)c1c(N)n(Cc2ccccc2)c(=O)[nH]c1=O. The number of carbonyl (C=O) groups is 1. The minimum atomic E-state index is -4.69. The van der Waals surface area contributed by atoms with Gasteiger partial charge in [0.25, 0.3) is 5.56 Å². The molecule has 0 unspecified atom stereocenters. The maximum atomic E-state index is 12.9. The van der Waals surface area contributed by atoms with Crippen molar-refractivity contribution in [2.75, 3.05) is 22.9 Å². The van der Waals surface area contributed by atoms with Crippen molar-refractivity contribution >= 4 is 29.2 Å². The van der Waals surface area contributed by atoms with Crippen LogP contribution in [0.5, 0.6) is 0 Å². The molecule has 14 heteroatoms. The fourth-order valence-corrected chi connectivity index (χ4v) is 3.90. The highest BCUT2D eigenvalue weighted by atomic mass is 32.2. The van der Waals surface area contributed by atoms with Gasteiger partial charge < -0.3 is 15.2 Å². The Bertz CT molecular complexity index is 1270. The molecule has 0 aliphatic heterocycles. The first kappa shape index (κ1) is 24.1. The third-order valence-corrected chi connectivity index (χ3v) is 5.70. The van der Waals surface area contributed by atoms with Crippen molar-refractivity contribution in [3.05, 3.63) is 62.6 Å². The number of carbonyl (C=O) groups excluding carboxylic acids is 1. The summed E-state index contributed by atoms with van der Waals surface area (Å²) in [5.41, 5.74) is 5.07. The number of aromatic amines is 1. The lowest BCUT2D eigenvalue weighted by molar-refractivity contribution is -0.147. The lowest BCUT2D eigenvalue weighted by Crippen LogP contribution is -2.41. The molecule has 0 aliphatic rings. The normalized spacial score (nSPS) is 11.5. The molecule has 0 saturated heterocycles. The van der Waals surface area contributed by atoms with Crippen molar-refractivity contribution in [3.8, 4) is 0 Å². The molecule has 3 N–H and O–H groups in total. The van der Waals surface area contributed by atoms with Crippen LogP contribution in [-0.2, 0) is 24.6 Å². The highest BCUT2D eigenvalue weighted by molar-refractivity contribution is 7.99. The van der Waals surface area contributed by atoms with Crippen LogP contribution in [0, 0.1) is 0 Å². The van der Waals surface area contributed by atoms with Gasteiger partial charge in [0.1, 0.15) is 5.82 Å². The van der Waals surface area contributed by atoms with Gasteiger partial charge in [-0.15, -0.1) is 10.2 Å². The Hall–Kier alpha value is -3.55. The van der Waals surface area contributed by atoms with Crippen LogP contribution in [0.2, 0.25) is 0 Å². The number of nitrogen functional groups attached to an aromatic ring is 1. The third kappa shape index (κ3) is 5.10. The van der Waals surface area contributed by atoms with Gasteiger partial charge in [-0.25, -0.2) is 4.79 Å².